The molecule has 6 nitrogen and oxygen atoms in total. The third-order valence-electron chi connectivity index (χ3n) is 4.72. The summed E-state index contributed by atoms with van der Waals surface area (Å²) in [6.07, 6.45) is 7.96. The summed E-state index contributed by atoms with van der Waals surface area (Å²) in [7, 11) is 1.73. The first-order valence-corrected chi connectivity index (χ1v) is 8.41. The molecule has 1 saturated carbocycles. The quantitative estimate of drug-likeness (QED) is 0.530. The van der Waals surface area contributed by atoms with Gasteiger partial charge in [-0.25, -0.2) is 0 Å². The zero-order valence-corrected chi connectivity index (χ0v) is 14.2. The molecular formula is C17H28N4O2. The van der Waals surface area contributed by atoms with Crippen molar-refractivity contribution in [3.05, 3.63) is 24.2 Å². The van der Waals surface area contributed by atoms with Crippen LogP contribution in [0.4, 0.5) is 0 Å². The number of carbonyl (C=O) groups excluding carboxylic acids is 1. The first kappa shape index (κ1) is 17.4. The molecule has 0 radical (unpaired) electrons. The molecule has 0 aromatic carbocycles. The van der Waals surface area contributed by atoms with Gasteiger partial charge in [-0.05, 0) is 36.8 Å². The van der Waals surface area contributed by atoms with Crippen LogP contribution >= 0.6 is 0 Å². The van der Waals surface area contributed by atoms with E-state index in [0.717, 1.165) is 12.3 Å². The Morgan fingerprint density at radius 3 is 2.70 bits per heavy atom. The number of hydrogen-bond donors (Lipinski definition) is 3. The lowest BCUT2D eigenvalue weighted by atomic mass is 9.83. The van der Waals surface area contributed by atoms with Gasteiger partial charge in [0.05, 0.1) is 19.4 Å². The molecule has 0 saturated heterocycles. The minimum atomic E-state index is -0.0876. The number of furan rings is 1. The third-order valence-corrected chi connectivity index (χ3v) is 4.72. The predicted molar refractivity (Wildman–Crippen MR) is 91.1 cm³/mol. The zero-order chi connectivity index (χ0) is 16.5. The van der Waals surface area contributed by atoms with Crippen molar-refractivity contribution in [2.45, 2.75) is 45.6 Å². The SMILES string of the molecule is CCC1(CNC(=NC)NCC(=O)NCc2ccco2)CCCC1. The smallest absolute Gasteiger partial charge is 0.239 e. The van der Waals surface area contributed by atoms with E-state index < -0.39 is 0 Å². The van der Waals surface area contributed by atoms with Crippen LogP contribution in [0, 0.1) is 5.41 Å². The van der Waals surface area contributed by atoms with E-state index in [9.17, 15) is 4.79 Å². The lowest BCUT2D eigenvalue weighted by Gasteiger charge is -2.28. The minimum absolute atomic E-state index is 0.0876. The summed E-state index contributed by atoms with van der Waals surface area (Å²) in [4.78, 5) is 16.0. The average molecular weight is 320 g/mol. The molecule has 0 bridgehead atoms. The van der Waals surface area contributed by atoms with E-state index in [2.05, 4.69) is 27.9 Å². The van der Waals surface area contributed by atoms with Gasteiger partial charge in [-0.2, -0.15) is 0 Å². The maximum Gasteiger partial charge on any atom is 0.239 e. The van der Waals surface area contributed by atoms with Crippen molar-refractivity contribution in [2.75, 3.05) is 20.1 Å². The van der Waals surface area contributed by atoms with Gasteiger partial charge in [0.25, 0.3) is 0 Å². The van der Waals surface area contributed by atoms with Crippen molar-refractivity contribution in [1.29, 1.82) is 0 Å². The summed E-state index contributed by atoms with van der Waals surface area (Å²) in [5.41, 5.74) is 0.388. The van der Waals surface area contributed by atoms with Gasteiger partial charge in [-0.3, -0.25) is 9.79 Å². The summed E-state index contributed by atoms with van der Waals surface area (Å²) in [6, 6.07) is 3.64. The van der Waals surface area contributed by atoms with Crippen LogP contribution in [0.2, 0.25) is 0 Å². The predicted octanol–water partition coefficient (Wildman–Crippen LogP) is 2.03. The molecule has 1 fully saturated rings. The van der Waals surface area contributed by atoms with Crippen LogP contribution in [-0.4, -0.2) is 32.0 Å². The highest BCUT2D eigenvalue weighted by molar-refractivity contribution is 5.86. The molecule has 3 N–H and O–H groups in total. The third kappa shape index (κ3) is 5.30. The molecule has 2 rings (SSSR count). The topological polar surface area (TPSA) is 78.7 Å². The van der Waals surface area contributed by atoms with Crippen molar-refractivity contribution in [3.63, 3.8) is 0 Å². The van der Waals surface area contributed by atoms with Gasteiger partial charge >= 0.3 is 0 Å². The van der Waals surface area contributed by atoms with E-state index in [1.807, 2.05) is 6.07 Å². The Morgan fingerprint density at radius 2 is 2.09 bits per heavy atom. The number of nitrogens with zero attached hydrogens (tertiary/aromatic N) is 1. The Labute approximate surface area is 138 Å². The van der Waals surface area contributed by atoms with Crippen LogP contribution < -0.4 is 16.0 Å². The molecule has 1 aliphatic carbocycles. The summed E-state index contributed by atoms with van der Waals surface area (Å²) >= 11 is 0. The second kappa shape index (κ2) is 8.60. The fraction of sp³-hybridized carbons (Fsp3) is 0.647. The standard InChI is InChI=1S/C17H28N4O2/c1-3-17(8-4-5-9-17)13-21-16(18-2)20-12-15(22)19-11-14-7-6-10-23-14/h6-7,10H,3-5,8-9,11-13H2,1-2H3,(H,19,22)(H2,18,20,21). The fourth-order valence-corrected chi connectivity index (χ4v) is 3.10. The molecule has 6 heteroatoms. The maximum atomic E-state index is 11.8. The van der Waals surface area contributed by atoms with Gasteiger partial charge in [0.2, 0.25) is 5.91 Å². The molecule has 1 aliphatic rings. The zero-order valence-electron chi connectivity index (χ0n) is 14.2. The van der Waals surface area contributed by atoms with E-state index in [1.165, 1.54) is 32.1 Å². The molecule has 0 unspecified atom stereocenters. The molecule has 1 aromatic rings. The van der Waals surface area contributed by atoms with Gasteiger partial charge < -0.3 is 20.4 Å². The summed E-state index contributed by atoms with van der Waals surface area (Å²) in [5.74, 6) is 1.33. The normalized spacial score (nSPS) is 17.0. The molecular weight excluding hydrogens is 292 g/mol. The number of amides is 1. The molecule has 23 heavy (non-hydrogen) atoms. The lowest BCUT2D eigenvalue weighted by Crippen LogP contribution is -2.46. The number of guanidine groups is 1. The number of rotatable bonds is 7. The molecule has 0 atom stereocenters. The van der Waals surface area contributed by atoms with Gasteiger partial charge in [0.15, 0.2) is 5.96 Å². The molecule has 1 amide bonds. The van der Waals surface area contributed by atoms with Gasteiger partial charge in [0.1, 0.15) is 5.76 Å². The molecule has 1 heterocycles. The van der Waals surface area contributed by atoms with Crippen LogP contribution in [-0.2, 0) is 11.3 Å². The highest BCUT2D eigenvalue weighted by Crippen LogP contribution is 2.40. The van der Waals surface area contributed by atoms with Crippen molar-refractivity contribution in [2.24, 2.45) is 10.4 Å². The highest BCUT2D eigenvalue weighted by Gasteiger charge is 2.31. The Balaban J connectivity index is 1.69. The summed E-state index contributed by atoms with van der Waals surface area (Å²) in [5, 5.41) is 9.23. The van der Waals surface area contributed by atoms with Gasteiger partial charge in [0, 0.05) is 13.6 Å². The Kier molecular flexibility index (Phi) is 6.50. The summed E-state index contributed by atoms with van der Waals surface area (Å²) < 4.78 is 5.18. The molecule has 0 spiro atoms. The Bertz CT molecular complexity index is 505. The molecule has 128 valence electrons. The second-order valence-corrected chi connectivity index (χ2v) is 6.20. The maximum absolute atomic E-state index is 11.8. The van der Waals surface area contributed by atoms with E-state index >= 15 is 0 Å². The van der Waals surface area contributed by atoms with Crippen molar-refractivity contribution in [1.82, 2.24) is 16.0 Å². The van der Waals surface area contributed by atoms with Crippen LogP contribution in [0.5, 0.6) is 0 Å². The first-order chi connectivity index (χ1) is 11.2. The van der Waals surface area contributed by atoms with Gasteiger partial charge in [-0.15, -0.1) is 0 Å². The lowest BCUT2D eigenvalue weighted by molar-refractivity contribution is -0.120. The second-order valence-electron chi connectivity index (χ2n) is 6.20. The number of aliphatic imine (C=N–C) groups is 1. The van der Waals surface area contributed by atoms with E-state index in [4.69, 9.17) is 4.42 Å². The van der Waals surface area contributed by atoms with Crippen LogP contribution in [0.3, 0.4) is 0 Å². The number of nitrogens with one attached hydrogen (secondary N) is 3. The van der Waals surface area contributed by atoms with E-state index in [1.54, 1.807) is 19.4 Å². The fourth-order valence-electron chi connectivity index (χ4n) is 3.10. The number of carbonyl (C=O) groups is 1. The Hall–Kier alpha value is -1.98. The largest absolute Gasteiger partial charge is 0.467 e. The summed E-state index contributed by atoms with van der Waals surface area (Å²) in [6.45, 7) is 3.76. The van der Waals surface area contributed by atoms with Crippen LogP contribution in [0.1, 0.15) is 44.8 Å². The Morgan fingerprint density at radius 1 is 1.30 bits per heavy atom. The average Bonchev–Trinajstić information content (AvgIpc) is 3.25. The first-order valence-electron chi connectivity index (χ1n) is 8.41. The van der Waals surface area contributed by atoms with Crippen LogP contribution in [0.25, 0.3) is 0 Å². The minimum Gasteiger partial charge on any atom is -0.467 e. The van der Waals surface area contributed by atoms with Crippen LogP contribution in [0.15, 0.2) is 27.8 Å². The molecule has 1 aromatic heterocycles. The van der Waals surface area contributed by atoms with Crippen molar-refractivity contribution < 1.29 is 9.21 Å². The van der Waals surface area contributed by atoms with Crippen molar-refractivity contribution in [3.8, 4) is 0 Å². The van der Waals surface area contributed by atoms with Gasteiger partial charge in [-0.1, -0.05) is 19.8 Å². The highest BCUT2D eigenvalue weighted by atomic mass is 16.3. The molecule has 0 aliphatic heterocycles. The van der Waals surface area contributed by atoms with E-state index in [0.29, 0.717) is 17.9 Å². The van der Waals surface area contributed by atoms with Crippen molar-refractivity contribution >= 4 is 11.9 Å². The van der Waals surface area contributed by atoms with E-state index in [-0.39, 0.29) is 12.5 Å². The monoisotopic (exact) mass is 320 g/mol. The number of hydrogen-bond acceptors (Lipinski definition) is 3.